The number of Topliss-reactive ketones (excluding diaryl/α,β-unsaturated/α-hetero) is 1. The zero-order chi connectivity index (χ0) is 101. The minimum absolute atomic E-state index is 0.0436. The Morgan fingerprint density at radius 3 is 1.41 bits per heavy atom. The predicted molar refractivity (Wildman–Crippen MR) is 529 cm³/mol. The van der Waals surface area contributed by atoms with Crippen LogP contribution in [0.1, 0.15) is 179 Å². The molecule has 17 nitrogen and oxygen atoms in total. The van der Waals surface area contributed by atoms with Crippen LogP contribution in [0.3, 0.4) is 0 Å². The van der Waals surface area contributed by atoms with Gasteiger partial charge in [0.15, 0.2) is 11.5 Å². The maximum absolute atomic E-state index is 13.7. The van der Waals surface area contributed by atoms with Crippen molar-refractivity contribution >= 4 is 137 Å². The molecular formula is C107H102BCl2F9N5O12S3. The zero-order valence-corrected chi connectivity index (χ0v) is 80.2. The van der Waals surface area contributed by atoms with E-state index in [1.54, 1.807) is 48.2 Å². The molecule has 4 fully saturated rings. The van der Waals surface area contributed by atoms with E-state index in [0.717, 1.165) is 131 Å². The highest BCUT2D eigenvalue weighted by atomic mass is 35.5. The highest BCUT2D eigenvalue weighted by Gasteiger charge is 2.51. The van der Waals surface area contributed by atoms with Crippen LogP contribution < -0.4 is 21.3 Å². The fourth-order valence-electron chi connectivity index (χ4n) is 15.1. The van der Waals surface area contributed by atoms with E-state index in [0.29, 0.717) is 48.6 Å². The highest BCUT2D eigenvalue weighted by Crippen LogP contribution is 2.44. The van der Waals surface area contributed by atoms with Gasteiger partial charge in [-0.15, -0.1) is 35.3 Å². The molecule has 17 rings (SSSR count). The molecule has 1 aromatic heterocycles. The van der Waals surface area contributed by atoms with Crippen molar-refractivity contribution in [1.29, 1.82) is 0 Å². The molecule has 139 heavy (non-hydrogen) atoms. The number of nitrogen functional groups attached to an aromatic ring is 1. The number of nitrogens with two attached hydrogens (primary N) is 1. The Kier molecular flexibility index (Phi) is 46.6. The molecule has 5 aliphatic rings. The number of benzene rings is 11. The summed E-state index contributed by atoms with van der Waals surface area (Å²) in [5.41, 5.74) is 17.5. The average molecular weight is 2000 g/mol. The van der Waals surface area contributed by atoms with Gasteiger partial charge in [-0.2, -0.15) is 32.4 Å². The summed E-state index contributed by atoms with van der Waals surface area (Å²) in [5, 5.41) is 21.3. The maximum Gasteiger partial charge on any atom is 0.569 e. The number of pyridine rings is 1. The Hall–Kier alpha value is -12.9. The number of carbonyl (C=O) groups excluding carboxylic acids is 8. The van der Waals surface area contributed by atoms with Crippen LogP contribution >= 0.6 is 58.8 Å². The van der Waals surface area contributed by atoms with Crippen molar-refractivity contribution in [1.82, 2.24) is 13.4 Å². The molecule has 1 aliphatic heterocycles. The Morgan fingerprint density at radius 1 is 0.511 bits per heavy atom. The number of hydrogen-bond acceptors (Lipinski definition) is 17. The van der Waals surface area contributed by atoms with E-state index in [1.165, 1.54) is 105 Å². The lowest BCUT2D eigenvalue weighted by atomic mass is 9.97. The number of halogens is 11. The van der Waals surface area contributed by atoms with Gasteiger partial charge < -0.3 is 30.4 Å². The summed E-state index contributed by atoms with van der Waals surface area (Å²) in [4.78, 5) is 92.2. The number of imide groups is 1. The molecule has 3 amide bonds. The lowest BCUT2D eigenvalue weighted by Crippen LogP contribution is -2.38. The quantitative estimate of drug-likeness (QED) is 0.00762. The summed E-state index contributed by atoms with van der Waals surface area (Å²) >= 11 is 16.3. The molecule has 5 unspecified atom stereocenters. The van der Waals surface area contributed by atoms with Gasteiger partial charge in [-0.1, -0.05) is 178 Å². The topological polar surface area (TPSA) is 253 Å². The van der Waals surface area contributed by atoms with Gasteiger partial charge >= 0.3 is 26.0 Å². The van der Waals surface area contributed by atoms with Crippen LogP contribution in [0.2, 0.25) is 0 Å². The molecule has 725 valence electrons. The third kappa shape index (κ3) is 35.5. The summed E-state index contributed by atoms with van der Waals surface area (Å²) in [6, 6.07) is 80.4. The molecule has 32 heteroatoms. The van der Waals surface area contributed by atoms with E-state index in [-0.39, 0.29) is 64.6 Å². The number of rotatable bonds is 21. The molecule has 2 heterocycles. The van der Waals surface area contributed by atoms with Gasteiger partial charge in [0, 0.05) is 110 Å². The summed E-state index contributed by atoms with van der Waals surface area (Å²) in [6.07, 6.45) is 24.6. The number of anilines is 2. The molecule has 0 spiro atoms. The number of phenols is 1. The SMILES string of the molecule is CC/C=C/c1cc(SCc2ccccc2)ccc1N.CC/C=C/c1cc(SCc2ccccc2)ccc1NC1CCC(c2cccc(F)c2)C1.CC1(C)C(=O)N(Cl)C(=O)N1Cl.O=C1C=CCC1.O=C1CCC(c2cccc(F)c2)C1.O=C=O.O=C=O.O=c1ccc2cc(SCc3ccccc3)ccc2n1C1CCC(c2cccc(F)c2)C1.O[B]Oc1cccc(F)c1.Oc1c(F)c(F)c(F)c(F)c1F. The predicted octanol–water partition coefficient (Wildman–Crippen LogP) is 26.8. The fraction of sp³-hybridized carbons (Fsp3) is 0.243. The molecule has 5 atom stereocenters. The Labute approximate surface area is 824 Å². The van der Waals surface area contributed by atoms with E-state index >= 15 is 0 Å². The number of ketones is 2. The van der Waals surface area contributed by atoms with Crippen LogP contribution in [0.25, 0.3) is 23.1 Å². The van der Waals surface area contributed by atoms with E-state index in [4.69, 9.17) is 58.6 Å². The van der Waals surface area contributed by atoms with Crippen LogP contribution in [0.4, 0.5) is 55.7 Å². The van der Waals surface area contributed by atoms with Gasteiger partial charge in [0.2, 0.25) is 29.1 Å². The lowest BCUT2D eigenvalue weighted by molar-refractivity contribution is -0.193. The number of thioether (sulfide) groups is 3. The second kappa shape index (κ2) is 58.1. The number of allylic oxidation sites excluding steroid dienone is 4. The van der Waals surface area contributed by atoms with Crippen LogP contribution in [-0.2, 0) is 50.8 Å². The highest BCUT2D eigenvalue weighted by molar-refractivity contribution is 7.99. The summed E-state index contributed by atoms with van der Waals surface area (Å²) in [5.74, 6) is -9.66. The molecule has 1 radical (unpaired) electrons. The molecule has 1 saturated heterocycles. The first kappa shape index (κ1) is 111. The lowest BCUT2D eigenvalue weighted by Gasteiger charge is -2.18. The van der Waals surface area contributed by atoms with Crippen molar-refractivity contribution < 1.29 is 92.7 Å². The Bertz CT molecular complexity index is 6170. The second-order valence-corrected chi connectivity index (χ2v) is 36.1. The first-order valence-electron chi connectivity index (χ1n) is 44.2. The van der Waals surface area contributed by atoms with Gasteiger partial charge in [-0.25, -0.2) is 39.9 Å². The third-order valence-corrected chi connectivity index (χ3v) is 26.2. The molecule has 12 aromatic rings. The van der Waals surface area contributed by atoms with Crippen molar-refractivity contribution in [2.75, 3.05) is 11.1 Å². The number of amides is 3. The minimum Gasteiger partial charge on any atom is -0.537 e. The first-order chi connectivity index (χ1) is 66.8. The number of nitrogens with one attached hydrogen (secondary N) is 1. The standard InChI is InChI=1S/C28H30FNS.C27H24FNOS.C17H19NS.C11H11FO.C6H5BFO2.C6HF5O.C5H6Cl2N2O2.C5H6O.2CO2/c1-2-3-10-24-19-27(31-20-21-8-5-4-6-9-21)15-16-28(24)30-26-14-13-23(18-26)22-11-7-12-25(29)17-22;28-23-8-4-7-20(15-23)21-9-11-24(16-21)29-26-13-12-25(17-22(26)10-14-27(29)30)31-18-19-5-2-1-3-6-19;1-2-3-9-15-12-16(10-11-17(15)18)19-13-14-7-5-4-6-8-14;12-10-3-1-2-8(6-10)9-4-5-11(13)7-9;8-5-2-1-3-6(4-5)10-7-9;7-1-2(8)4(10)6(12)5(11)3(1)9;1-5(2)3(10)8(6)4(11)9(5)7;6-5-3-1-2-4-5;2*2-1-3/h3-12,15-17,19,23,26,30H,2,13-14,18,20H2,1H3;1-8,10,12-15,17,21,24H,9,11,16,18H2;3-12H,2,13,18H2,1H3;1-3,6,9H,4-5,7H2;1-4,9H;12H;1-2H3;1,3H,2,4H2;;/b10-3+;;9-3+;;;;;;;. The van der Waals surface area contributed by atoms with Crippen molar-refractivity contribution in [2.45, 2.75) is 178 Å². The number of nitrogens with zero attached hydrogens (tertiary/aromatic N) is 3. The molecule has 5 N–H and O–H groups in total. The number of urea groups is 1. The first-order valence-corrected chi connectivity index (χ1v) is 47.8. The Morgan fingerprint density at radius 2 is 0.971 bits per heavy atom. The molecular weight excluding hydrogens is 1900 g/mol. The van der Waals surface area contributed by atoms with E-state index in [9.17, 15) is 63.5 Å². The van der Waals surface area contributed by atoms with Crippen LogP contribution in [0, 0.1) is 52.4 Å². The van der Waals surface area contributed by atoms with Gasteiger partial charge in [-0.3, -0.25) is 19.2 Å². The second-order valence-electron chi connectivity index (χ2n) is 32.3. The minimum atomic E-state index is -2.29. The van der Waals surface area contributed by atoms with Crippen molar-refractivity contribution in [3.05, 3.63) is 386 Å². The number of phenolic OH excluding ortho intramolecular Hbond substituents is 1. The summed E-state index contributed by atoms with van der Waals surface area (Å²) in [7, 11) is 0.509. The number of hydrogen-bond donors (Lipinski definition) is 4. The van der Waals surface area contributed by atoms with Gasteiger partial charge in [0.05, 0.1) is 5.52 Å². The zero-order valence-electron chi connectivity index (χ0n) is 76.3. The number of carbonyl (C=O) groups is 4. The molecule has 11 aromatic carbocycles. The van der Waals surface area contributed by atoms with E-state index < -0.39 is 52.3 Å². The van der Waals surface area contributed by atoms with Crippen molar-refractivity contribution in [2.24, 2.45) is 0 Å². The van der Waals surface area contributed by atoms with Gasteiger partial charge in [0.25, 0.3) is 11.5 Å². The normalized spacial score (nSPS) is 16.2. The van der Waals surface area contributed by atoms with E-state index in [2.05, 4.69) is 182 Å². The average Bonchev–Trinajstić information content (AvgIpc) is 1.03. The van der Waals surface area contributed by atoms with Crippen molar-refractivity contribution in [3.8, 4) is 11.5 Å². The fourth-order valence-corrected chi connectivity index (χ4v) is 18.2. The van der Waals surface area contributed by atoms with Gasteiger partial charge in [-0.05, 0) is 261 Å². The van der Waals surface area contributed by atoms with Crippen LogP contribution in [0.15, 0.2) is 299 Å². The number of aromatic hydroxyl groups is 1. The largest absolute Gasteiger partial charge is 0.569 e. The molecule has 0 bridgehead atoms. The number of fused-ring (bicyclic) bond motifs is 1. The summed E-state index contributed by atoms with van der Waals surface area (Å²) in [6.45, 7) is 7.32. The van der Waals surface area contributed by atoms with Crippen LogP contribution in [-0.4, -0.2) is 78.6 Å². The monoisotopic (exact) mass is 2000 g/mol. The maximum atomic E-state index is 13.7. The Balaban J connectivity index is 0.000000203. The molecule has 4 aliphatic carbocycles. The van der Waals surface area contributed by atoms with Crippen molar-refractivity contribution in [3.63, 3.8) is 0 Å². The summed E-state index contributed by atoms with van der Waals surface area (Å²) < 4.78 is 121. The van der Waals surface area contributed by atoms with E-state index in [1.807, 2.05) is 76.6 Å². The molecule has 3 saturated carbocycles. The number of aromatic nitrogens is 1. The third-order valence-electron chi connectivity index (χ3n) is 22.1. The smallest absolute Gasteiger partial charge is 0.537 e. The van der Waals surface area contributed by atoms with Crippen LogP contribution in [0.5, 0.6) is 11.5 Å². The van der Waals surface area contributed by atoms with Gasteiger partial charge in [0.1, 0.15) is 40.3 Å².